The van der Waals surface area contributed by atoms with E-state index >= 15 is 0 Å². The minimum atomic E-state index is 0.0183. The Morgan fingerprint density at radius 2 is 2.05 bits per heavy atom. The van der Waals surface area contributed by atoms with Gasteiger partial charge in [0, 0.05) is 18.7 Å². The summed E-state index contributed by atoms with van der Waals surface area (Å²) in [5.74, 6) is 6.17. The summed E-state index contributed by atoms with van der Waals surface area (Å²) in [5, 5.41) is 0.667. The van der Waals surface area contributed by atoms with Gasteiger partial charge in [-0.15, -0.1) is 11.3 Å². The van der Waals surface area contributed by atoms with Crippen LogP contribution >= 0.6 is 11.3 Å². The number of benzene rings is 1. The predicted molar refractivity (Wildman–Crippen MR) is 86.0 cm³/mol. The first-order valence-corrected chi connectivity index (χ1v) is 7.96. The van der Waals surface area contributed by atoms with Gasteiger partial charge in [-0.25, -0.2) is 4.98 Å². The number of aromatic nitrogens is 1. The van der Waals surface area contributed by atoms with E-state index in [-0.39, 0.29) is 5.91 Å². The number of hydrogen-bond acceptors (Lipinski definition) is 4. The normalized spacial score (nSPS) is 14.3. The van der Waals surface area contributed by atoms with Gasteiger partial charge >= 0.3 is 0 Å². The third-order valence-electron chi connectivity index (χ3n) is 3.46. The lowest BCUT2D eigenvalue weighted by molar-refractivity contribution is 0.0306. The standard InChI is InChI=1S/C17H16N2O2S/c1-13-4-2-3-5-14(13)6-7-16-18-12-15(22-16)17(20)19-8-10-21-11-9-19/h2-5,12H,8-11H2,1H3. The number of carbonyl (C=O) groups is 1. The summed E-state index contributed by atoms with van der Waals surface area (Å²) in [4.78, 5) is 19.0. The van der Waals surface area contributed by atoms with Crippen LogP contribution < -0.4 is 0 Å². The molecular formula is C17H16N2O2S. The van der Waals surface area contributed by atoms with Crippen molar-refractivity contribution in [1.29, 1.82) is 0 Å². The highest BCUT2D eigenvalue weighted by Gasteiger charge is 2.20. The van der Waals surface area contributed by atoms with E-state index in [4.69, 9.17) is 4.74 Å². The van der Waals surface area contributed by atoms with Crippen LogP contribution in [0.25, 0.3) is 0 Å². The molecule has 0 atom stereocenters. The zero-order valence-corrected chi connectivity index (χ0v) is 13.2. The molecule has 1 saturated heterocycles. The van der Waals surface area contributed by atoms with Gasteiger partial charge in [0.15, 0.2) is 5.01 Å². The van der Waals surface area contributed by atoms with E-state index in [0.717, 1.165) is 11.1 Å². The quantitative estimate of drug-likeness (QED) is 0.759. The fourth-order valence-electron chi connectivity index (χ4n) is 2.19. The lowest BCUT2D eigenvalue weighted by atomic mass is 10.1. The maximum atomic E-state index is 12.3. The summed E-state index contributed by atoms with van der Waals surface area (Å²) < 4.78 is 5.26. The molecule has 0 radical (unpaired) electrons. The molecule has 0 saturated carbocycles. The number of aryl methyl sites for hydroxylation is 1. The minimum Gasteiger partial charge on any atom is -0.378 e. The van der Waals surface area contributed by atoms with Crippen LogP contribution in [0.5, 0.6) is 0 Å². The van der Waals surface area contributed by atoms with Crippen molar-refractivity contribution in [2.75, 3.05) is 26.3 Å². The lowest BCUT2D eigenvalue weighted by Gasteiger charge is -2.26. The van der Waals surface area contributed by atoms with Crippen LogP contribution in [-0.2, 0) is 4.74 Å². The molecule has 112 valence electrons. The van der Waals surface area contributed by atoms with Crippen molar-refractivity contribution in [1.82, 2.24) is 9.88 Å². The Labute approximate surface area is 133 Å². The van der Waals surface area contributed by atoms with Crippen molar-refractivity contribution in [2.24, 2.45) is 0 Å². The van der Waals surface area contributed by atoms with Crippen LogP contribution in [0, 0.1) is 18.8 Å². The van der Waals surface area contributed by atoms with Crippen LogP contribution in [-0.4, -0.2) is 42.1 Å². The Hall–Kier alpha value is -2.16. The van der Waals surface area contributed by atoms with E-state index in [1.165, 1.54) is 11.3 Å². The Morgan fingerprint density at radius 1 is 1.27 bits per heavy atom. The number of carbonyl (C=O) groups excluding carboxylic acids is 1. The third-order valence-corrected chi connectivity index (χ3v) is 4.36. The van der Waals surface area contributed by atoms with Crippen LogP contribution in [0.3, 0.4) is 0 Å². The Morgan fingerprint density at radius 3 is 2.82 bits per heavy atom. The number of morpholine rings is 1. The van der Waals surface area contributed by atoms with Gasteiger partial charge in [0.25, 0.3) is 5.91 Å². The molecule has 1 aliphatic rings. The molecule has 2 heterocycles. The monoisotopic (exact) mass is 312 g/mol. The number of ether oxygens (including phenoxy) is 1. The molecule has 1 aromatic carbocycles. The topological polar surface area (TPSA) is 42.4 Å². The van der Waals surface area contributed by atoms with Crippen LogP contribution in [0.4, 0.5) is 0 Å². The van der Waals surface area contributed by atoms with Gasteiger partial charge in [-0.05, 0) is 24.5 Å². The number of amides is 1. The lowest BCUT2D eigenvalue weighted by Crippen LogP contribution is -2.40. The van der Waals surface area contributed by atoms with Crippen LogP contribution in [0.15, 0.2) is 30.5 Å². The highest BCUT2D eigenvalue weighted by molar-refractivity contribution is 7.14. The first-order chi connectivity index (χ1) is 10.7. The second-order valence-electron chi connectivity index (χ2n) is 5.00. The van der Waals surface area contributed by atoms with Gasteiger partial charge < -0.3 is 9.64 Å². The van der Waals surface area contributed by atoms with E-state index in [1.807, 2.05) is 31.2 Å². The number of hydrogen-bond donors (Lipinski definition) is 0. The van der Waals surface area contributed by atoms with E-state index in [0.29, 0.717) is 36.2 Å². The summed E-state index contributed by atoms with van der Waals surface area (Å²) in [6.07, 6.45) is 1.62. The summed E-state index contributed by atoms with van der Waals surface area (Å²) in [6.45, 7) is 4.51. The van der Waals surface area contributed by atoms with E-state index in [2.05, 4.69) is 16.8 Å². The molecule has 1 aromatic heterocycles. The molecule has 0 N–H and O–H groups in total. The summed E-state index contributed by atoms with van der Waals surface area (Å²) in [5.41, 5.74) is 2.12. The van der Waals surface area contributed by atoms with Gasteiger partial charge in [0.1, 0.15) is 4.88 Å². The van der Waals surface area contributed by atoms with Gasteiger partial charge in [-0.1, -0.05) is 24.1 Å². The first-order valence-electron chi connectivity index (χ1n) is 7.14. The van der Waals surface area contributed by atoms with Gasteiger partial charge in [-0.2, -0.15) is 0 Å². The van der Waals surface area contributed by atoms with Crippen molar-refractivity contribution in [3.63, 3.8) is 0 Å². The molecule has 22 heavy (non-hydrogen) atoms. The molecule has 0 spiro atoms. The number of thiazole rings is 1. The zero-order chi connectivity index (χ0) is 15.4. The van der Waals surface area contributed by atoms with Gasteiger partial charge in [0.05, 0.1) is 19.4 Å². The van der Waals surface area contributed by atoms with Crippen molar-refractivity contribution >= 4 is 17.2 Å². The second-order valence-corrected chi connectivity index (χ2v) is 6.03. The summed E-state index contributed by atoms with van der Waals surface area (Å²) >= 11 is 1.34. The fraction of sp³-hybridized carbons (Fsp3) is 0.294. The molecule has 1 amide bonds. The molecule has 2 aromatic rings. The Kier molecular flexibility index (Phi) is 4.52. The summed E-state index contributed by atoms with van der Waals surface area (Å²) in [6, 6.07) is 7.96. The van der Waals surface area contributed by atoms with E-state index in [1.54, 1.807) is 11.1 Å². The molecule has 4 nitrogen and oxygen atoms in total. The number of nitrogens with zero attached hydrogens (tertiary/aromatic N) is 2. The SMILES string of the molecule is Cc1ccccc1C#Cc1ncc(C(=O)N2CCOCC2)s1. The highest BCUT2D eigenvalue weighted by Crippen LogP contribution is 2.16. The minimum absolute atomic E-state index is 0.0183. The van der Waals surface area contributed by atoms with Crippen molar-refractivity contribution in [2.45, 2.75) is 6.92 Å². The maximum absolute atomic E-state index is 12.3. The smallest absolute Gasteiger partial charge is 0.265 e. The largest absolute Gasteiger partial charge is 0.378 e. The molecule has 0 unspecified atom stereocenters. The van der Waals surface area contributed by atoms with E-state index < -0.39 is 0 Å². The third kappa shape index (κ3) is 3.35. The molecule has 3 rings (SSSR count). The molecule has 5 heteroatoms. The van der Waals surface area contributed by atoms with Crippen LogP contribution in [0.2, 0.25) is 0 Å². The predicted octanol–water partition coefficient (Wildman–Crippen LogP) is 2.32. The fourth-order valence-corrected chi connectivity index (χ4v) is 2.92. The Bertz CT molecular complexity index is 736. The highest BCUT2D eigenvalue weighted by atomic mass is 32.1. The average molecular weight is 312 g/mol. The molecule has 1 aliphatic heterocycles. The molecule has 1 fully saturated rings. The number of rotatable bonds is 1. The van der Waals surface area contributed by atoms with Gasteiger partial charge in [-0.3, -0.25) is 4.79 Å². The Balaban J connectivity index is 1.74. The van der Waals surface area contributed by atoms with E-state index in [9.17, 15) is 4.79 Å². The van der Waals surface area contributed by atoms with Crippen molar-refractivity contribution in [3.05, 3.63) is 51.5 Å². The molecule has 0 aliphatic carbocycles. The van der Waals surface area contributed by atoms with Crippen molar-refractivity contribution < 1.29 is 9.53 Å². The maximum Gasteiger partial charge on any atom is 0.265 e. The first kappa shape index (κ1) is 14.8. The van der Waals surface area contributed by atoms with Crippen molar-refractivity contribution in [3.8, 4) is 11.8 Å². The van der Waals surface area contributed by atoms with Crippen LogP contribution in [0.1, 0.15) is 25.8 Å². The van der Waals surface area contributed by atoms with Gasteiger partial charge in [0.2, 0.25) is 0 Å². The zero-order valence-electron chi connectivity index (χ0n) is 12.3. The molecular weight excluding hydrogens is 296 g/mol. The second kappa shape index (κ2) is 6.73. The molecule has 0 bridgehead atoms. The average Bonchev–Trinajstić information content (AvgIpc) is 3.03. The summed E-state index contributed by atoms with van der Waals surface area (Å²) in [7, 11) is 0.